The van der Waals surface area contributed by atoms with Gasteiger partial charge in [-0.25, -0.2) is 4.98 Å². The first kappa shape index (κ1) is 21.7. The molecule has 1 saturated heterocycles. The fourth-order valence-electron chi connectivity index (χ4n) is 4.10. The fraction of sp³-hybridized carbons (Fsp3) is 0.480. The summed E-state index contributed by atoms with van der Waals surface area (Å²) in [6, 6.07) is 16.2. The van der Waals surface area contributed by atoms with E-state index in [0.29, 0.717) is 6.61 Å². The van der Waals surface area contributed by atoms with Crippen LogP contribution in [0.5, 0.6) is 11.5 Å². The fourth-order valence-corrected chi connectivity index (χ4v) is 4.10. The number of aromatic nitrogens is 2. The standard InChI is InChI=1S/C25H33N3O3/c1-29-21-8-6-9-22(20-21)31-17-5-4-14-28-24-11-3-2-10-23(24)26-25(28)12-7-13-27-15-18-30-19-16-27/h2-3,6,8-11,20H,4-5,7,12-19H2,1H3. The molecule has 0 saturated carbocycles. The summed E-state index contributed by atoms with van der Waals surface area (Å²) >= 11 is 0. The number of nitrogens with zero attached hydrogens (tertiary/aromatic N) is 3. The van der Waals surface area contributed by atoms with Crippen LogP contribution in [0.15, 0.2) is 48.5 Å². The van der Waals surface area contributed by atoms with Crippen LogP contribution in [0.25, 0.3) is 11.0 Å². The second-order valence-corrected chi connectivity index (χ2v) is 7.96. The van der Waals surface area contributed by atoms with Crippen molar-refractivity contribution in [3.63, 3.8) is 0 Å². The Labute approximate surface area is 184 Å². The summed E-state index contributed by atoms with van der Waals surface area (Å²) in [5.41, 5.74) is 2.33. The third kappa shape index (κ3) is 5.99. The Balaban J connectivity index is 1.29. The summed E-state index contributed by atoms with van der Waals surface area (Å²) in [7, 11) is 1.67. The number of hydrogen-bond acceptors (Lipinski definition) is 5. The molecule has 2 heterocycles. The number of aryl methyl sites for hydroxylation is 2. The maximum atomic E-state index is 5.90. The normalized spacial score (nSPS) is 14.7. The van der Waals surface area contributed by atoms with Gasteiger partial charge in [0.2, 0.25) is 0 Å². The highest BCUT2D eigenvalue weighted by atomic mass is 16.5. The topological polar surface area (TPSA) is 48.8 Å². The minimum atomic E-state index is 0.701. The van der Waals surface area contributed by atoms with Crippen molar-refractivity contribution in [3.8, 4) is 11.5 Å². The first-order chi connectivity index (χ1) is 15.3. The average Bonchev–Trinajstić information content (AvgIpc) is 3.17. The second kappa shape index (κ2) is 11.2. The molecule has 0 spiro atoms. The van der Waals surface area contributed by atoms with Crippen molar-refractivity contribution >= 4 is 11.0 Å². The minimum Gasteiger partial charge on any atom is -0.497 e. The zero-order chi connectivity index (χ0) is 21.3. The average molecular weight is 424 g/mol. The molecule has 1 fully saturated rings. The number of benzene rings is 2. The van der Waals surface area contributed by atoms with E-state index in [2.05, 4.69) is 33.7 Å². The number of ether oxygens (including phenoxy) is 3. The second-order valence-electron chi connectivity index (χ2n) is 7.96. The number of rotatable bonds is 11. The Morgan fingerprint density at radius 3 is 2.65 bits per heavy atom. The lowest BCUT2D eigenvalue weighted by atomic mass is 10.2. The van der Waals surface area contributed by atoms with Crippen molar-refractivity contribution in [1.29, 1.82) is 0 Å². The van der Waals surface area contributed by atoms with E-state index in [1.165, 1.54) is 11.3 Å². The Kier molecular flexibility index (Phi) is 7.80. The number of fused-ring (bicyclic) bond motifs is 1. The van der Waals surface area contributed by atoms with E-state index < -0.39 is 0 Å². The smallest absolute Gasteiger partial charge is 0.122 e. The van der Waals surface area contributed by atoms with Gasteiger partial charge < -0.3 is 18.8 Å². The number of methoxy groups -OCH3 is 1. The highest BCUT2D eigenvalue weighted by molar-refractivity contribution is 5.75. The molecule has 1 aliphatic rings. The van der Waals surface area contributed by atoms with Crippen molar-refractivity contribution in [2.45, 2.75) is 32.2 Å². The van der Waals surface area contributed by atoms with Crippen molar-refractivity contribution in [3.05, 3.63) is 54.4 Å². The molecule has 3 aromatic rings. The van der Waals surface area contributed by atoms with Gasteiger partial charge in [0.25, 0.3) is 0 Å². The van der Waals surface area contributed by atoms with Crippen LogP contribution in [0.3, 0.4) is 0 Å². The summed E-state index contributed by atoms with van der Waals surface area (Å²) in [5.74, 6) is 2.88. The van der Waals surface area contributed by atoms with E-state index in [-0.39, 0.29) is 0 Å². The monoisotopic (exact) mass is 423 g/mol. The number of imidazole rings is 1. The molecule has 0 amide bonds. The maximum absolute atomic E-state index is 5.90. The third-order valence-electron chi connectivity index (χ3n) is 5.80. The molecule has 6 nitrogen and oxygen atoms in total. The summed E-state index contributed by atoms with van der Waals surface area (Å²) < 4.78 is 19.0. The Bertz CT molecular complexity index is 950. The summed E-state index contributed by atoms with van der Waals surface area (Å²) in [5, 5.41) is 0. The molecule has 0 atom stereocenters. The van der Waals surface area contributed by atoms with Crippen molar-refractivity contribution in [2.24, 2.45) is 0 Å². The summed E-state index contributed by atoms with van der Waals surface area (Å²) in [6.45, 7) is 6.59. The summed E-state index contributed by atoms with van der Waals surface area (Å²) in [4.78, 5) is 7.43. The largest absolute Gasteiger partial charge is 0.497 e. The van der Waals surface area contributed by atoms with Gasteiger partial charge in [0.1, 0.15) is 17.3 Å². The van der Waals surface area contributed by atoms with Crippen LogP contribution < -0.4 is 9.47 Å². The predicted octanol–water partition coefficient (Wildman–Crippen LogP) is 4.17. The molecular formula is C25H33N3O3. The van der Waals surface area contributed by atoms with E-state index in [1.807, 2.05) is 24.3 Å². The lowest BCUT2D eigenvalue weighted by Crippen LogP contribution is -2.37. The van der Waals surface area contributed by atoms with Gasteiger partial charge >= 0.3 is 0 Å². The quantitative estimate of drug-likeness (QED) is 0.433. The number of unbranched alkanes of at least 4 members (excludes halogenated alkanes) is 1. The van der Waals surface area contributed by atoms with Crippen molar-refractivity contribution in [2.75, 3.05) is 46.6 Å². The molecule has 0 bridgehead atoms. The van der Waals surface area contributed by atoms with Crippen LogP contribution in [-0.2, 0) is 17.7 Å². The Morgan fingerprint density at radius 1 is 0.935 bits per heavy atom. The molecule has 166 valence electrons. The van der Waals surface area contributed by atoms with Gasteiger partial charge in [-0.15, -0.1) is 0 Å². The van der Waals surface area contributed by atoms with Crippen LogP contribution in [0, 0.1) is 0 Å². The Morgan fingerprint density at radius 2 is 1.77 bits per heavy atom. The SMILES string of the molecule is COc1cccc(OCCCCn2c(CCCN3CCOCC3)nc3ccccc32)c1. The van der Waals surface area contributed by atoms with Gasteiger partial charge in [-0.2, -0.15) is 0 Å². The van der Waals surface area contributed by atoms with Gasteiger partial charge in [-0.1, -0.05) is 18.2 Å². The van der Waals surface area contributed by atoms with E-state index >= 15 is 0 Å². The molecule has 31 heavy (non-hydrogen) atoms. The molecular weight excluding hydrogens is 390 g/mol. The highest BCUT2D eigenvalue weighted by Crippen LogP contribution is 2.20. The molecule has 0 aliphatic carbocycles. The zero-order valence-corrected chi connectivity index (χ0v) is 18.5. The van der Waals surface area contributed by atoms with Gasteiger partial charge in [-0.3, -0.25) is 4.90 Å². The van der Waals surface area contributed by atoms with Crippen LogP contribution in [0.1, 0.15) is 25.1 Å². The molecule has 6 heteroatoms. The van der Waals surface area contributed by atoms with Crippen LogP contribution in [0.4, 0.5) is 0 Å². The lowest BCUT2D eigenvalue weighted by Gasteiger charge is -2.26. The molecule has 0 N–H and O–H groups in total. The zero-order valence-electron chi connectivity index (χ0n) is 18.5. The minimum absolute atomic E-state index is 0.701. The van der Waals surface area contributed by atoms with E-state index in [1.54, 1.807) is 7.11 Å². The van der Waals surface area contributed by atoms with Crippen LogP contribution in [0.2, 0.25) is 0 Å². The maximum Gasteiger partial charge on any atom is 0.122 e. The molecule has 4 rings (SSSR count). The molecule has 1 aliphatic heterocycles. The summed E-state index contributed by atoms with van der Waals surface area (Å²) in [6.07, 6.45) is 4.19. The predicted molar refractivity (Wildman–Crippen MR) is 123 cm³/mol. The van der Waals surface area contributed by atoms with E-state index in [4.69, 9.17) is 19.2 Å². The molecule has 2 aromatic carbocycles. The molecule has 0 unspecified atom stereocenters. The van der Waals surface area contributed by atoms with Gasteiger partial charge in [0.05, 0.1) is 38.0 Å². The van der Waals surface area contributed by atoms with Crippen molar-refractivity contribution < 1.29 is 14.2 Å². The van der Waals surface area contributed by atoms with Gasteiger partial charge in [0, 0.05) is 32.1 Å². The van der Waals surface area contributed by atoms with Gasteiger partial charge in [-0.05, 0) is 50.1 Å². The molecule has 1 aromatic heterocycles. The molecule has 0 radical (unpaired) electrons. The van der Waals surface area contributed by atoms with Crippen LogP contribution in [-0.4, -0.2) is 61.0 Å². The van der Waals surface area contributed by atoms with Crippen LogP contribution >= 0.6 is 0 Å². The van der Waals surface area contributed by atoms with E-state index in [0.717, 1.165) is 82.1 Å². The number of morpholine rings is 1. The highest BCUT2D eigenvalue weighted by Gasteiger charge is 2.13. The first-order valence-corrected chi connectivity index (χ1v) is 11.3. The number of para-hydroxylation sites is 2. The Hall–Kier alpha value is -2.57. The lowest BCUT2D eigenvalue weighted by molar-refractivity contribution is 0.0374. The number of hydrogen-bond donors (Lipinski definition) is 0. The van der Waals surface area contributed by atoms with Crippen molar-refractivity contribution in [1.82, 2.24) is 14.5 Å². The van der Waals surface area contributed by atoms with Gasteiger partial charge in [0.15, 0.2) is 0 Å². The third-order valence-corrected chi connectivity index (χ3v) is 5.80. The first-order valence-electron chi connectivity index (χ1n) is 11.3. The van der Waals surface area contributed by atoms with E-state index in [9.17, 15) is 0 Å².